The average Bonchev–Trinajstić information content (AvgIpc) is 3.44. The number of nitrogens with one attached hydrogen (secondary N) is 2. The number of hydrogen-bond donors (Lipinski definition) is 4. The first-order valence-electron chi connectivity index (χ1n) is 9.82. The van der Waals surface area contributed by atoms with E-state index in [1.165, 1.54) is 29.5 Å². The highest BCUT2D eigenvalue weighted by Crippen LogP contribution is 2.39. The lowest BCUT2D eigenvalue weighted by Crippen LogP contribution is -2.11. The lowest BCUT2D eigenvalue weighted by molar-refractivity contribution is -0.122. The molecule has 1 saturated heterocycles. The quantitative estimate of drug-likeness (QED) is 0.609. The number of carboxylic acid groups (broad SMARTS) is 1. The third-order valence-electron chi connectivity index (χ3n) is 4.38. The molecule has 2 aromatic carbocycles. The van der Waals surface area contributed by atoms with Gasteiger partial charge in [-0.3, -0.25) is 4.79 Å². The van der Waals surface area contributed by atoms with E-state index in [0.29, 0.717) is 0 Å². The molecule has 4 N–H and O–H groups in total. The van der Waals surface area contributed by atoms with Crippen LogP contribution in [-0.4, -0.2) is 42.9 Å². The molecule has 2 aromatic rings. The van der Waals surface area contributed by atoms with Gasteiger partial charge < -0.3 is 20.8 Å². The van der Waals surface area contributed by atoms with E-state index in [1.807, 2.05) is 25.2 Å². The first-order valence-corrected chi connectivity index (χ1v) is 9.82. The van der Waals surface area contributed by atoms with Gasteiger partial charge in [0.15, 0.2) is 0 Å². The number of carbonyl (C=O) groups is 1. The fourth-order valence-electron chi connectivity index (χ4n) is 2.69. The summed E-state index contributed by atoms with van der Waals surface area (Å²) in [6.07, 6.45) is 3.68. The van der Waals surface area contributed by atoms with Gasteiger partial charge in [0.2, 0.25) is 0 Å². The van der Waals surface area contributed by atoms with Crippen molar-refractivity contribution >= 4 is 6.47 Å². The van der Waals surface area contributed by atoms with Crippen LogP contribution in [0.4, 0.5) is 0 Å². The second-order valence-corrected chi connectivity index (χ2v) is 6.95. The summed E-state index contributed by atoms with van der Waals surface area (Å²) >= 11 is 0. The Morgan fingerprint density at radius 2 is 1.68 bits per heavy atom. The summed E-state index contributed by atoms with van der Waals surface area (Å²) in [6.45, 7) is 4.62. The molecule has 0 radical (unpaired) electrons. The first-order chi connectivity index (χ1) is 13.6. The van der Waals surface area contributed by atoms with E-state index >= 15 is 0 Å². The molecule has 2 aliphatic rings. The van der Waals surface area contributed by atoms with Crippen molar-refractivity contribution in [3.8, 4) is 0 Å². The SMILES string of the molecule is CNCc1ccccc1.Cc1ccc(C2CC2)cc1.O=CO.OC1CCNC1. The molecule has 0 amide bonds. The maximum Gasteiger partial charge on any atom is 0.290 e. The number of benzene rings is 2. The Morgan fingerprint density at radius 3 is 2.07 bits per heavy atom. The van der Waals surface area contributed by atoms with Gasteiger partial charge in [-0.25, -0.2) is 0 Å². The predicted octanol–water partition coefficient (Wildman–Crippen LogP) is 3.32. The van der Waals surface area contributed by atoms with Crippen LogP contribution in [0.3, 0.4) is 0 Å². The molecule has 4 rings (SSSR count). The van der Waals surface area contributed by atoms with Crippen LogP contribution < -0.4 is 10.6 Å². The lowest BCUT2D eigenvalue weighted by Gasteiger charge is -1.96. The van der Waals surface area contributed by atoms with Gasteiger partial charge in [-0.2, -0.15) is 0 Å². The summed E-state index contributed by atoms with van der Waals surface area (Å²) in [5.74, 6) is 0.903. The number of hydrogen-bond acceptors (Lipinski definition) is 4. The molecule has 1 atom stereocenters. The molecule has 0 spiro atoms. The highest BCUT2D eigenvalue weighted by Gasteiger charge is 2.22. The Kier molecular flexibility index (Phi) is 12.6. The van der Waals surface area contributed by atoms with Gasteiger partial charge in [-0.15, -0.1) is 0 Å². The Morgan fingerprint density at radius 1 is 1.07 bits per heavy atom. The molecule has 5 heteroatoms. The molecule has 1 saturated carbocycles. The molecule has 1 aliphatic carbocycles. The Hall–Kier alpha value is -2.21. The third kappa shape index (κ3) is 11.5. The first kappa shape index (κ1) is 23.8. The Balaban J connectivity index is 0.000000201. The lowest BCUT2D eigenvalue weighted by atomic mass is 10.1. The van der Waals surface area contributed by atoms with E-state index in [4.69, 9.17) is 15.0 Å². The molecule has 0 bridgehead atoms. The van der Waals surface area contributed by atoms with Crippen molar-refractivity contribution in [2.45, 2.75) is 44.8 Å². The minimum absolute atomic E-state index is 0.0648. The molecule has 1 aliphatic heterocycles. The number of β-amino-alcohol motifs (C(OH)–C–C–N with tert-alkyl or cyclic N) is 1. The predicted molar refractivity (Wildman–Crippen MR) is 115 cm³/mol. The van der Waals surface area contributed by atoms with Crippen molar-refractivity contribution < 1.29 is 15.0 Å². The topological polar surface area (TPSA) is 81.6 Å². The van der Waals surface area contributed by atoms with E-state index < -0.39 is 0 Å². The maximum absolute atomic E-state index is 8.67. The molecule has 0 aromatic heterocycles. The minimum atomic E-state index is -0.250. The Labute approximate surface area is 168 Å². The van der Waals surface area contributed by atoms with Crippen LogP contribution in [0.25, 0.3) is 0 Å². The fourth-order valence-corrected chi connectivity index (χ4v) is 2.69. The summed E-state index contributed by atoms with van der Waals surface area (Å²) in [4.78, 5) is 8.36. The monoisotopic (exact) mass is 386 g/mol. The highest BCUT2D eigenvalue weighted by atomic mass is 16.3. The molecule has 1 heterocycles. The standard InChI is InChI=1S/C10H12.C8H11N.C4H9NO.CH2O2/c1-8-2-4-9(5-3-8)10-6-7-10;1-9-7-8-5-3-2-4-6-8;6-4-1-2-5-3-4;2-1-3/h2-5,10H,6-7H2,1H3;2-6,9H,7H2,1H3;4-6H,1-3H2;1H,(H,2,3). The van der Waals surface area contributed by atoms with Crippen LogP contribution in [0.1, 0.15) is 41.9 Å². The van der Waals surface area contributed by atoms with Gasteiger partial charge in [-0.05, 0) is 56.8 Å². The fraction of sp³-hybridized carbons (Fsp3) is 0.435. The van der Waals surface area contributed by atoms with Crippen LogP contribution in [0, 0.1) is 6.92 Å². The zero-order chi connectivity index (χ0) is 20.6. The van der Waals surface area contributed by atoms with Gasteiger partial charge in [0.1, 0.15) is 0 Å². The summed E-state index contributed by atoms with van der Waals surface area (Å²) in [5.41, 5.74) is 4.23. The maximum atomic E-state index is 8.67. The zero-order valence-corrected chi connectivity index (χ0v) is 17.0. The average molecular weight is 387 g/mol. The third-order valence-corrected chi connectivity index (χ3v) is 4.38. The van der Waals surface area contributed by atoms with E-state index in [0.717, 1.165) is 32.0 Å². The van der Waals surface area contributed by atoms with Gasteiger partial charge in [0.05, 0.1) is 6.10 Å². The van der Waals surface area contributed by atoms with Gasteiger partial charge in [0.25, 0.3) is 6.47 Å². The van der Waals surface area contributed by atoms with Crippen LogP contribution in [0.5, 0.6) is 0 Å². The van der Waals surface area contributed by atoms with Crippen LogP contribution in [-0.2, 0) is 11.3 Å². The normalized spacial score (nSPS) is 17.0. The van der Waals surface area contributed by atoms with Crippen molar-refractivity contribution in [2.24, 2.45) is 0 Å². The molecular weight excluding hydrogens is 352 g/mol. The summed E-state index contributed by atoms with van der Waals surface area (Å²) in [7, 11) is 1.95. The zero-order valence-electron chi connectivity index (χ0n) is 17.0. The van der Waals surface area contributed by atoms with Crippen LogP contribution in [0.2, 0.25) is 0 Å². The summed E-state index contributed by atoms with van der Waals surface area (Å²) in [5, 5.41) is 21.7. The largest absolute Gasteiger partial charge is 0.483 e. The molecule has 2 fully saturated rings. The van der Waals surface area contributed by atoms with E-state index in [2.05, 4.69) is 54.0 Å². The number of aliphatic hydroxyl groups is 1. The number of rotatable bonds is 3. The highest BCUT2D eigenvalue weighted by molar-refractivity contribution is 5.32. The van der Waals surface area contributed by atoms with Crippen molar-refractivity contribution in [1.29, 1.82) is 0 Å². The molecule has 1 unspecified atom stereocenters. The molecule has 28 heavy (non-hydrogen) atoms. The molecular formula is C23H34N2O3. The van der Waals surface area contributed by atoms with Crippen molar-refractivity contribution in [3.63, 3.8) is 0 Å². The van der Waals surface area contributed by atoms with Crippen LogP contribution in [0.15, 0.2) is 54.6 Å². The molecule has 5 nitrogen and oxygen atoms in total. The summed E-state index contributed by atoms with van der Waals surface area (Å²) in [6, 6.07) is 19.3. The van der Waals surface area contributed by atoms with E-state index in [-0.39, 0.29) is 12.6 Å². The van der Waals surface area contributed by atoms with Gasteiger partial charge in [0, 0.05) is 13.1 Å². The van der Waals surface area contributed by atoms with Gasteiger partial charge >= 0.3 is 0 Å². The second-order valence-electron chi connectivity index (χ2n) is 6.95. The molecule has 154 valence electrons. The summed E-state index contributed by atoms with van der Waals surface area (Å²) < 4.78 is 0. The minimum Gasteiger partial charge on any atom is -0.483 e. The van der Waals surface area contributed by atoms with Crippen molar-refractivity contribution in [3.05, 3.63) is 71.3 Å². The van der Waals surface area contributed by atoms with Crippen molar-refractivity contribution in [1.82, 2.24) is 10.6 Å². The van der Waals surface area contributed by atoms with Crippen molar-refractivity contribution in [2.75, 3.05) is 20.1 Å². The number of aliphatic hydroxyl groups excluding tert-OH is 1. The van der Waals surface area contributed by atoms with Gasteiger partial charge in [-0.1, -0.05) is 60.2 Å². The Bertz CT molecular complexity index is 622. The van der Waals surface area contributed by atoms with Crippen LogP contribution >= 0.6 is 0 Å². The number of aryl methyl sites for hydroxylation is 1. The smallest absolute Gasteiger partial charge is 0.290 e. The van der Waals surface area contributed by atoms with E-state index in [9.17, 15) is 0 Å². The van der Waals surface area contributed by atoms with E-state index in [1.54, 1.807) is 0 Å². The second kappa shape index (κ2) is 14.8.